The summed E-state index contributed by atoms with van der Waals surface area (Å²) in [6, 6.07) is 22.9. The van der Waals surface area contributed by atoms with Crippen molar-refractivity contribution >= 4 is 22.6 Å². The van der Waals surface area contributed by atoms with Crippen molar-refractivity contribution in [1.82, 2.24) is 9.80 Å². The number of piperazine rings is 1. The Kier molecular flexibility index (Phi) is 5.95. The minimum atomic E-state index is -0.911. The van der Waals surface area contributed by atoms with E-state index in [1.54, 1.807) is 0 Å². The lowest BCUT2D eigenvalue weighted by molar-refractivity contribution is -0.142. The standard InChI is InChI=1S/C24H24N2O4/c27-23(28)17-22(30-21-8-2-1-3-9-21)25-12-14-26(15-13-25)24(29)20-11-10-18-6-4-5-7-19(18)16-20/h1-11,16,22H,12-15,17H2,(H,27,28). The van der Waals surface area contributed by atoms with Crippen LogP contribution in [0.4, 0.5) is 0 Å². The van der Waals surface area contributed by atoms with Gasteiger partial charge in [-0.25, -0.2) is 0 Å². The van der Waals surface area contributed by atoms with Crippen molar-refractivity contribution < 1.29 is 19.4 Å². The lowest BCUT2D eigenvalue weighted by Gasteiger charge is -2.38. The molecule has 0 aliphatic carbocycles. The van der Waals surface area contributed by atoms with Crippen molar-refractivity contribution in [1.29, 1.82) is 0 Å². The van der Waals surface area contributed by atoms with E-state index in [1.165, 1.54) is 0 Å². The van der Waals surface area contributed by atoms with Crippen molar-refractivity contribution in [3.63, 3.8) is 0 Å². The average molecular weight is 404 g/mol. The number of ether oxygens (including phenoxy) is 1. The molecule has 1 atom stereocenters. The molecule has 6 heteroatoms. The van der Waals surface area contributed by atoms with Crippen LogP contribution in [0.1, 0.15) is 16.8 Å². The molecule has 0 bridgehead atoms. The molecule has 1 aliphatic heterocycles. The van der Waals surface area contributed by atoms with Gasteiger partial charge in [-0.2, -0.15) is 0 Å². The Balaban J connectivity index is 1.41. The molecular weight excluding hydrogens is 380 g/mol. The molecule has 154 valence electrons. The molecule has 1 saturated heterocycles. The van der Waals surface area contributed by atoms with Crippen LogP contribution in [-0.2, 0) is 4.79 Å². The quantitative estimate of drug-likeness (QED) is 0.681. The predicted octanol–water partition coefficient (Wildman–Crippen LogP) is 3.48. The molecule has 1 aliphatic rings. The summed E-state index contributed by atoms with van der Waals surface area (Å²) in [5.74, 6) is -0.275. The van der Waals surface area contributed by atoms with Gasteiger partial charge in [-0.1, -0.05) is 48.5 Å². The van der Waals surface area contributed by atoms with Gasteiger partial charge in [-0.05, 0) is 35.0 Å². The molecule has 1 fully saturated rings. The summed E-state index contributed by atoms with van der Waals surface area (Å²) >= 11 is 0. The van der Waals surface area contributed by atoms with Gasteiger partial charge in [0.15, 0.2) is 6.23 Å². The van der Waals surface area contributed by atoms with Gasteiger partial charge in [0.05, 0.1) is 6.42 Å². The van der Waals surface area contributed by atoms with E-state index < -0.39 is 12.2 Å². The SMILES string of the molecule is O=C(O)CC(Oc1ccccc1)N1CCN(C(=O)c2ccc3ccccc3c2)CC1. The van der Waals surface area contributed by atoms with E-state index in [0.717, 1.165) is 10.8 Å². The minimum absolute atomic E-state index is 0.000773. The molecule has 1 unspecified atom stereocenters. The molecule has 4 rings (SSSR count). The summed E-state index contributed by atoms with van der Waals surface area (Å²) in [4.78, 5) is 28.1. The van der Waals surface area contributed by atoms with Gasteiger partial charge in [-0.3, -0.25) is 14.5 Å². The first-order chi connectivity index (χ1) is 14.6. The Morgan fingerprint density at radius 2 is 1.53 bits per heavy atom. The molecular formula is C24H24N2O4. The Morgan fingerprint density at radius 3 is 2.23 bits per heavy atom. The van der Waals surface area contributed by atoms with E-state index in [0.29, 0.717) is 37.5 Å². The van der Waals surface area contributed by atoms with Crippen LogP contribution in [0.25, 0.3) is 10.8 Å². The molecule has 6 nitrogen and oxygen atoms in total. The smallest absolute Gasteiger partial charge is 0.308 e. The summed E-state index contributed by atoms with van der Waals surface area (Å²) in [7, 11) is 0. The fourth-order valence-electron chi connectivity index (χ4n) is 3.77. The Morgan fingerprint density at radius 1 is 0.867 bits per heavy atom. The molecule has 0 saturated carbocycles. The van der Waals surface area contributed by atoms with E-state index in [-0.39, 0.29) is 12.3 Å². The first kappa shape index (κ1) is 19.9. The molecule has 3 aromatic carbocycles. The fraction of sp³-hybridized carbons (Fsp3) is 0.250. The lowest BCUT2D eigenvalue weighted by atomic mass is 10.1. The van der Waals surface area contributed by atoms with Gasteiger partial charge in [0, 0.05) is 31.7 Å². The van der Waals surface area contributed by atoms with Crippen LogP contribution >= 0.6 is 0 Å². The number of hydrogen-bond donors (Lipinski definition) is 1. The van der Waals surface area contributed by atoms with Crippen LogP contribution in [0.15, 0.2) is 72.8 Å². The van der Waals surface area contributed by atoms with Gasteiger partial charge in [0.2, 0.25) is 0 Å². The van der Waals surface area contributed by atoms with E-state index in [9.17, 15) is 14.7 Å². The zero-order chi connectivity index (χ0) is 20.9. The summed E-state index contributed by atoms with van der Waals surface area (Å²) in [5, 5.41) is 11.4. The van der Waals surface area contributed by atoms with E-state index in [1.807, 2.05) is 82.6 Å². The van der Waals surface area contributed by atoms with Gasteiger partial charge in [-0.15, -0.1) is 0 Å². The number of carboxylic acid groups (broad SMARTS) is 1. The van der Waals surface area contributed by atoms with Crippen LogP contribution in [0, 0.1) is 0 Å². The monoisotopic (exact) mass is 404 g/mol. The first-order valence-corrected chi connectivity index (χ1v) is 10.1. The molecule has 3 aromatic rings. The largest absolute Gasteiger partial charge is 0.481 e. The van der Waals surface area contributed by atoms with Crippen molar-refractivity contribution in [3.05, 3.63) is 78.4 Å². The zero-order valence-electron chi connectivity index (χ0n) is 16.6. The summed E-state index contributed by atoms with van der Waals surface area (Å²) < 4.78 is 5.93. The van der Waals surface area contributed by atoms with Crippen LogP contribution in [-0.4, -0.2) is 59.2 Å². The number of hydrogen-bond acceptors (Lipinski definition) is 4. The number of aliphatic carboxylic acids is 1. The van der Waals surface area contributed by atoms with Gasteiger partial charge in [0.25, 0.3) is 5.91 Å². The second-order valence-electron chi connectivity index (χ2n) is 7.37. The second kappa shape index (κ2) is 8.97. The topological polar surface area (TPSA) is 70.1 Å². The van der Waals surface area contributed by atoms with Crippen molar-refractivity contribution in [2.24, 2.45) is 0 Å². The molecule has 0 aromatic heterocycles. The first-order valence-electron chi connectivity index (χ1n) is 10.1. The Hall–Kier alpha value is -3.38. The normalized spacial score (nSPS) is 15.7. The van der Waals surface area contributed by atoms with Crippen LogP contribution in [0.5, 0.6) is 5.75 Å². The molecule has 30 heavy (non-hydrogen) atoms. The van der Waals surface area contributed by atoms with Gasteiger partial charge < -0.3 is 14.7 Å². The summed E-state index contributed by atoms with van der Waals surface area (Å²) in [6.07, 6.45) is -0.684. The number of carbonyl (C=O) groups excluding carboxylic acids is 1. The van der Waals surface area contributed by atoms with E-state index in [2.05, 4.69) is 0 Å². The highest BCUT2D eigenvalue weighted by Crippen LogP contribution is 2.20. The predicted molar refractivity (Wildman–Crippen MR) is 115 cm³/mol. The van der Waals surface area contributed by atoms with Gasteiger partial charge in [0.1, 0.15) is 5.75 Å². The van der Waals surface area contributed by atoms with Crippen molar-refractivity contribution in [2.75, 3.05) is 26.2 Å². The highest BCUT2D eigenvalue weighted by atomic mass is 16.5. The zero-order valence-corrected chi connectivity index (χ0v) is 16.6. The number of carboxylic acids is 1. The molecule has 1 amide bonds. The third-order valence-electron chi connectivity index (χ3n) is 5.37. The van der Waals surface area contributed by atoms with Crippen molar-refractivity contribution in [3.8, 4) is 5.75 Å². The highest BCUT2D eigenvalue weighted by molar-refractivity contribution is 5.98. The number of amides is 1. The van der Waals surface area contributed by atoms with Crippen LogP contribution in [0.2, 0.25) is 0 Å². The maximum absolute atomic E-state index is 13.0. The van der Waals surface area contributed by atoms with E-state index in [4.69, 9.17) is 4.74 Å². The number of rotatable bonds is 6. The molecule has 0 radical (unpaired) electrons. The number of benzene rings is 3. The highest BCUT2D eigenvalue weighted by Gasteiger charge is 2.29. The second-order valence-corrected chi connectivity index (χ2v) is 7.37. The van der Waals surface area contributed by atoms with E-state index >= 15 is 0 Å². The minimum Gasteiger partial charge on any atom is -0.481 e. The molecule has 1 heterocycles. The fourth-order valence-corrected chi connectivity index (χ4v) is 3.77. The maximum atomic E-state index is 13.0. The van der Waals surface area contributed by atoms with Crippen molar-refractivity contribution in [2.45, 2.75) is 12.6 Å². The maximum Gasteiger partial charge on any atom is 0.308 e. The van der Waals surface area contributed by atoms with Gasteiger partial charge >= 0.3 is 5.97 Å². The van der Waals surface area contributed by atoms with Crippen LogP contribution < -0.4 is 4.74 Å². The number of nitrogens with zero attached hydrogens (tertiary/aromatic N) is 2. The Bertz CT molecular complexity index is 1030. The Labute approximate surface area is 175 Å². The molecule has 1 N–H and O–H groups in total. The lowest BCUT2D eigenvalue weighted by Crippen LogP contribution is -2.53. The summed E-state index contributed by atoms with van der Waals surface area (Å²) in [6.45, 7) is 2.17. The molecule has 0 spiro atoms. The summed E-state index contributed by atoms with van der Waals surface area (Å²) in [5.41, 5.74) is 0.671. The number of fused-ring (bicyclic) bond motifs is 1. The van der Waals surface area contributed by atoms with Crippen LogP contribution in [0.3, 0.4) is 0 Å². The average Bonchev–Trinajstić information content (AvgIpc) is 2.78. The third kappa shape index (κ3) is 4.60. The number of para-hydroxylation sites is 1. The number of carbonyl (C=O) groups is 2. The third-order valence-corrected chi connectivity index (χ3v) is 5.37.